The van der Waals surface area contributed by atoms with Crippen LogP contribution in [0.3, 0.4) is 0 Å². The van der Waals surface area contributed by atoms with Crippen molar-refractivity contribution in [3.05, 3.63) is 66.2 Å². The smallest absolute Gasteiger partial charge is 0.289 e. The fraction of sp³-hybridized carbons (Fsp3) is 0.240. The van der Waals surface area contributed by atoms with Crippen molar-refractivity contribution in [3.8, 4) is 16.5 Å². The highest BCUT2D eigenvalue weighted by atomic mass is 32.2. The van der Waals surface area contributed by atoms with Gasteiger partial charge in [0, 0.05) is 31.6 Å². The number of piperazine rings is 1. The maximum absolute atomic E-state index is 12.7. The topological polar surface area (TPSA) is 110 Å². The maximum Gasteiger partial charge on any atom is 0.289 e. The third-order valence-electron chi connectivity index (χ3n) is 6.13. The molecule has 5 heterocycles. The number of aromatic nitrogens is 4. The van der Waals surface area contributed by atoms with Gasteiger partial charge in [0.2, 0.25) is 5.91 Å². The molecule has 4 aromatic heterocycles. The lowest BCUT2D eigenvalue weighted by Crippen LogP contribution is -2.51. The van der Waals surface area contributed by atoms with Gasteiger partial charge in [0.05, 0.1) is 28.3 Å². The van der Waals surface area contributed by atoms with E-state index in [0.717, 1.165) is 26.5 Å². The predicted molar refractivity (Wildman–Crippen MR) is 139 cm³/mol. The Morgan fingerprint density at radius 1 is 1.03 bits per heavy atom. The van der Waals surface area contributed by atoms with E-state index < -0.39 is 0 Å². The average Bonchev–Trinajstić information content (AvgIpc) is 3.74. The number of amides is 2. The van der Waals surface area contributed by atoms with Gasteiger partial charge in [-0.3, -0.25) is 9.59 Å². The first kappa shape index (κ1) is 23.5. The third-order valence-corrected chi connectivity index (χ3v) is 8.04. The molecule has 10 nitrogen and oxygen atoms in total. The van der Waals surface area contributed by atoms with Crippen LogP contribution in [0.25, 0.3) is 26.7 Å². The van der Waals surface area contributed by atoms with Crippen molar-refractivity contribution < 1.29 is 18.4 Å². The summed E-state index contributed by atoms with van der Waals surface area (Å²) in [6.07, 6.45) is 1.48. The number of para-hydroxylation sites is 1. The normalized spacial score (nSPS) is 14.0. The molecular formula is C25H22N6O4S2. The van der Waals surface area contributed by atoms with E-state index in [9.17, 15) is 9.59 Å². The van der Waals surface area contributed by atoms with Crippen LogP contribution in [0.15, 0.2) is 68.9 Å². The molecule has 12 heteroatoms. The zero-order chi connectivity index (χ0) is 25.4. The van der Waals surface area contributed by atoms with Crippen molar-refractivity contribution in [1.29, 1.82) is 0 Å². The number of aryl methyl sites for hydroxylation is 1. The van der Waals surface area contributed by atoms with E-state index in [0.29, 0.717) is 43.1 Å². The van der Waals surface area contributed by atoms with Crippen LogP contribution in [0.5, 0.6) is 0 Å². The minimum absolute atomic E-state index is 0.0321. The first-order valence-corrected chi connectivity index (χ1v) is 13.5. The van der Waals surface area contributed by atoms with E-state index in [1.807, 2.05) is 48.0 Å². The molecule has 37 heavy (non-hydrogen) atoms. The zero-order valence-corrected chi connectivity index (χ0v) is 21.5. The van der Waals surface area contributed by atoms with Crippen LogP contribution in [0.1, 0.15) is 16.2 Å². The predicted octanol–water partition coefficient (Wildman–Crippen LogP) is 4.12. The van der Waals surface area contributed by atoms with E-state index in [-0.39, 0.29) is 17.6 Å². The van der Waals surface area contributed by atoms with Crippen LogP contribution in [0, 0.1) is 6.92 Å². The van der Waals surface area contributed by atoms with Gasteiger partial charge in [-0.2, -0.15) is 5.10 Å². The van der Waals surface area contributed by atoms with Crippen LogP contribution in [-0.4, -0.2) is 73.5 Å². The van der Waals surface area contributed by atoms with E-state index in [1.54, 1.807) is 21.9 Å². The van der Waals surface area contributed by atoms with Crippen molar-refractivity contribution >= 4 is 45.1 Å². The molecule has 5 aromatic rings. The molecule has 1 saturated heterocycles. The molecule has 0 saturated carbocycles. The Hall–Kier alpha value is -3.90. The Balaban J connectivity index is 1.08. The maximum atomic E-state index is 12.7. The summed E-state index contributed by atoms with van der Waals surface area (Å²) in [5.41, 5.74) is 1.91. The summed E-state index contributed by atoms with van der Waals surface area (Å²) in [6.45, 7) is 3.85. The van der Waals surface area contributed by atoms with Gasteiger partial charge < -0.3 is 18.6 Å². The first-order valence-electron chi connectivity index (χ1n) is 11.7. The number of hydrogen-bond donors (Lipinski definition) is 0. The highest BCUT2D eigenvalue weighted by Gasteiger charge is 2.26. The number of rotatable bonds is 6. The molecule has 0 atom stereocenters. The van der Waals surface area contributed by atoms with Gasteiger partial charge in [0.25, 0.3) is 17.0 Å². The minimum atomic E-state index is -0.155. The second-order valence-corrected chi connectivity index (χ2v) is 10.4. The largest absolute Gasteiger partial charge is 0.459 e. The number of benzene rings is 1. The molecule has 0 aliphatic carbocycles. The minimum Gasteiger partial charge on any atom is -0.459 e. The van der Waals surface area contributed by atoms with E-state index in [2.05, 4.69) is 15.3 Å². The number of nitrogens with zero attached hydrogens (tertiary/aromatic N) is 6. The highest BCUT2D eigenvalue weighted by molar-refractivity contribution is 7.99. The number of carbonyl (C=O) groups is 2. The van der Waals surface area contributed by atoms with Crippen LogP contribution in [0.4, 0.5) is 0 Å². The van der Waals surface area contributed by atoms with Crippen molar-refractivity contribution in [2.24, 2.45) is 0 Å². The van der Waals surface area contributed by atoms with Crippen molar-refractivity contribution in [3.63, 3.8) is 0 Å². The number of thioether (sulfide) groups is 1. The summed E-state index contributed by atoms with van der Waals surface area (Å²) in [7, 11) is 0. The van der Waals surface area contributed by atoms with Crippen LogP contribution in [-0.2, 0) is 4.79 Å². The molecule has 0 radical (unpaired) electrons. The number of furan rings is 1. The van der Waals surface area contributed by atoms with Gasteiger partial charge in [0.1, 0.15) is 4.83 Å². The second-order valence-electron chi connectivity index (χ2n) is 8.47. The summed E-state index contributed by atoms with van der Waals surface area (Å²) >= 11 is 2.75. The quantitative estimate of drug-likeness (QED) is 0.299. The third kappa shape index (κ3) is 4.65. The Morgan fingerprint density at radius 2 is 1.81 bits per heavy atom. The van der Waals surface area contributed by atoms with Gasteiger partial charge in [-0.25, -0.2) is 4.68 Å². The standard InChI is InChI=1S/C25H22N6O4S2/c1-16-18-14-20(37-24(18)31(28-16)17-6-3-2-4-7-17)22-26-27-25(35-22)36-15-21(32)29-9-11-30(12-10-29)23(33)19-8-5-13-34-19/h2-8,13-14H,9-12,15H2,1H3. The molecule has 1 aliphatic rings. The fourth-order valence-electron chi connectivity index (χ4n) is 4.19. The Labute approximate surface area is 219 Å². The Bertz CT molecular complexity index is 1550. The van der Waals surface area contributed by atoms with E-state index in [4.69, 9.17) is 8.83 Å². The van der Waals surface area contributed by atoms with Crippen molar-refractivity contribution in [2.75, 3.05) is 31.9 Å². The highest BCUT2D eigenvalue weighted by Crippen LogP contribution is 2.36. The van der Waals surface area contributed by atoms with Gasteiger partial charge in [-0.05, 0) is 37.3 Å². The van der Waals surface area contributed by atoms with Crippen molar-refractivity contribution in [1.82, 2.24) is 29.8 Å². The van der Waals surface area contributed by atoms with Gasteiger partial charge in [-0.15, -0.1) is 21.5 Å². The summed E-state index contributed by atoms with van der Waals surface area (Å²) in [4.78, 5) is 30.4. The Kier molecular flexibility index (Phi) is 6.26. The molecule has 1 aliphatic heterocycles. The number of thiophene rings is 1. The second kappa shape index (κ2) is 9.87. The van der Waals surface area contributed by atoms with Gasteiger partial charge in [-0.1, -0.05) is 30.0 Å². The lowest BCUT2D eigenvalue weighted by atomic mass is 10.3. The van der Waals surface area contributed by atoms with E-state index in [1.165, 1.54) is 29.4 Å². The molecule has 1 aromatic carbocycles. The average molecular weight is 535 g/mol. The SMILES string of the molecule is Cc1nn(-c2ccccc2)c2sc(-c3nnc(SCC(=O)N4CCN(C(=O)c5ccco5)CC4)o3)cc12. The summed E-state index contributed by atoms with van der Waals surface area (Å²) in [5.74, 6) is 0.726. The fourth-order valence-corrected chi connectivity index (χ4v) is 5.96. The molecule has 188 valence electrons. The van der Waals surface area contributed by atoms with Crippen LogP contribution >= 0.6 is 23.1 Å². The van der Waals surface area contributed by atoms with E-state index >= 15 is 0 Å². The lowest BCUT2D eigenvalue weighted by molar-refractivity contribution is -0.129. The van der Waals surface area contributed by atoms with Gasteiger partial charge in [0.15, 0.2) is 5.76 Å². The molecule has 0 bridgehead atoms. The number of hydrogen-bond acceptors (Lipinski definition) is 9. The van der Waals surface area contributed by atoms with Crippen molar-refractivity contribution in [2.45, 2.75) is 12.1 Å². The first-order chi connectivity index (χ1) is 18.1. The molecule has 0 unspecified atom stereocenters. The number of carbonyl (C=O) groups excluding carboxylic acids is 2. The number of fused-ring (bicyclic) bond motifs is 1. The monoisotopic (exact) mass is 534 g/mol. The molecule has 0 N–H and O–H groups in total. The van der Waals surface area contributed by atoms with Crippen LogP contribution < -0.4 is 0 Å². The van der Waals surface area contributed by atoms with Gasteiger partial charge >= 0.3 is 0 Å². The summed E-state index contributed by atoms with van der Waals surface area (Å²) < 4.78 is 13.0. The zero-order valence-electron chi connectivity index (χ0n) is 19.9. The summed E-state index contributed by atoms with van der Waals surface area (Å²) in [6, 6.07) is 15.3. The molecule has 0 spiro atoms. The molecular weight excluding hydrogens is 512 g/mol. The summed E-state index contributed by atoms with van der Waals surface area (Å²) in [5, 5.41) is 14.4. The lowest BCUT2D eigenvalue weighted by Gasteiger charge is -2.34. The molecule has 2 amide bonds. The molecule has 6 rings (SSSR count). The Morgan fingerprint density at radius 3 is 2.57 bits per heavy atom. The van der Waals surface area contributed by atoms with Crippen LogP contribution in [0.2, 0.25) is 0 Å². The molecule has 1 fully saturated rings.